The van der Waals surface area contributed by atoms with Crippen molar-refractivity contribution in [1.82, 2.24) is 4.98 Å². The van der Waals surface area contributed by atoms with Crippen LogP contribution in [0.3, 0.4) is 0 Å². The van der Waals surface area contributed by atoms with E-state index in [0.717, 1.165) is 17.8 Å². The number of aliphatic imine (C=N–C) groups is 1. The molecule has 0 amide bonds. The van der Waals surface area contributed by atoms with Crippen LogP contribution in [0.5, 0.6) is 0 Å². The first kappa shape index (κ1) is 12.1. The summed E-state index contributed by atoms with van der Waals surface area (Å²) >= 11 is 0. The van der Waals surface area contributed by atoms with Gasteiger partial charge >= 0.3 is 0 Å². The van der Waals surface area contributed by atoms with E-state index in [1.54, 1.807) is 0 Å². The standard InChI is InChI=1S/C14H20N2O/c1-5-10-7-6-8-11(15-10)13-16-12(9-17-13)14(2,3)4/h6-8,12H,5,9H2,1-4H3/t12-/m1/s1. The Morgan fingerprint density at radius 1 is 1.35 bits per heavy atom. The van der Waals surface area contributed by atoms with Crippen LogP contribution in [0.25, 0.3) is 0 Å². The lowest BCUT2D eigenvalue weighted by Crippen LogP contribution is -2.25. The molecule has 1 aliphatic heterocycles. The molecule has 3 nitrogen and oxygen atoms in total. The third-order valence-electron chi connectivity index (χ3n) is 3.04. The highest BCUT2D eigenvalue weighted by Gasteiger charge is 2.30. The lowest BCUT2D eigenvalue weighted by Gasteiger charge is -2.21. The lowest BCUT2D eigenvalue weighted by molar-refractivity contribution is 0.235. The van der Waals surface area contributed by atoms with Crippen molar-refractivity contribution in [3.05, 3.63) is 29.6 Å². The van der Waals surface area contributed by atoms with E-state index in [1.807, 2.05) is 18.2 Å². The topological polar surface area (TPSA) is 34.5 Å². The largest absolute Gasteiger partial charge is 0.474 e. The second-order valence-corrected chi connectivity index (χ2v) is 5.49. The molecule has 0 spiro atoms. The van der Waals surface area contributed by atoms with E-state index in [2.05, 4.69) is 37.7 Å². The van der Waals surface area contributed by atoms with E-state index in [-0.39, 0.29) is 11.5 Å². The van der Waals surface area contributed by atoms with E-state index in [9.17, 15) is 0 Å². The number of nitrogens with zero attached hydrogens (tertiary/aromatic N) is 2. The van der Waals surface area contributed by atoms with Gasteiger partial charge in [-0.3, -0.25) is 0 Å². The van der Waals surface area contributed by atoms with Gasteiger partial charge in [-0.1, -0.05) is 33.8 Å². The predicted molar refractivity (Wildman–Crippen MR) is 69.3 cm³/mol. The van der Waals surface area contributed by atoms with Gasteiger partial charge in [0.25, 0.3) is 0 Å². The van der Waals surface area contributed by atoms with Gasteiger partial charge < -0.3 is 4.74 Å². The molecule has 3 heteroatoms. The number of aryl methyl sites for hydroxylation is 1. The molecule has 0 unspecified atom stereocenters. The van der Waals surface area contributed by atoms with Gasteiger partial charge in [-0.2, -0.15) is 0 Å². The van der Waals surface area contributed by atoms with Crippen LogP contribution in [0.2, 0.25) is 0 Å². The number of ether oxygens (including phenoxy) is 1. The van der Waals surface area contributed by atoms with E-state index in [0.29, 0.717) is 12.5 Å². The maximum atomic E-state index is 5.67. The first-order chi connectivity index (χ1) is 8.00. The Morgan fingerprint density at radius 3 is 2.71 bits per heavy atom. The molecule has 1 aromatic rings. The van der Waals surface area contributed by atoms with Crippen molar-refractivity contribution >= 4 is 5.90 Å². The average Bonchev–Trinajstić information content (AvgIpc) is 2.78. The van der Waals surface area contributed by atoms with Crippen molar-refractivity contribution in [3.63, 3.8) is 0 Å². The van der Waals surface area contributed by atoms with Crippen molar-refractivity contribution in [2.75, 3.05) is 6.61 Å². The zero-order chi connectivity index (χ0) is 12.5. The molecule has 0 saturated heterocycles. The minimum Gasteiger partial charge on any atom is -0.474 e. The molecule has 2 heterocycles. The van der Waals surface area contributed by atoms with Gasteiger partial charge in [0.05, 0.1) is 6.04 Å². The van der Waals surface area contributed by atoms with Gasteiger partial charge in [0.1, 0.15) is 12.3 Å². The van der Waals surface area contributed by atoms with Crippen molar-refractivity contribution in [3.8, 4) is 0 Å². The molecule has 17 heavy (non-hydrogen) atoms. The molecule has 0 aliphatic carbocycles. The molecular weight excluding hydrogens is 212 g/mol. The Hall–Kier alpha value is -1.38. The fraction of sp³-hybridized carbons (Fsp3) is 0.571. The lowest BCUT2D eigenvalue weighted by atomic mass is 9.88. The smallest absolute Gasteiger partial charge is 0.235 e. The molecule has 0 fully saturated rings. The first-order valence-electron chi connectivity index (χ1n) is 6.17. The molecule has 92 valence electrons. The van der Waals surface area contributed by atoms with Gasteiger partial charge in [-0.05, 0) is 24.0 Å². The van der Waals surface area contributed by atoms with Crippen LogP contribution in [0.15, 0.2) is 23.2 Å². The summed E-state index contributed by atoms with van der Waals surface area (Å²) in [6.45, 7) is 9.31. The van der Waals surface area contributed by atoms with Crippen LogP contribution in [-0.2, 0) is 11.2 Å². The van der Waals surface area contributed by atoms with Crippen molar-refractivity contribution in [2.45, 2.75) is 40.2 Å². The molecule has 0 radical (unpaired) electrons. The minimum atomic E-state index is 0.143. The Bertz CT molecular complexity index is 432. The molecule has 1 aromatic heterocycles. The molecule has 1 atom stereocenters. The molecule has 0 bridgehead atoms. The molecule has 1 aliphatic rings. The van der Waals surface area contributed by atoms with Gasteiger partial charge in [0, 0.05) is 5.69 Å². The summed E-state index contributed by atoms with van der Waals surface area (Å²) in [5.41, 5.74) is 2.08. The third kappa shape index (κ3) is 2.65. The van der Waals surface area contributed by atoms with Gasteiger partial charge in [0.15, 0.2) is 0 Å². The number of hydrogen-bond acceptors (Lipinski definition) is 3. The van der Waals surface area contributed by atoms with Gasteiger partial charge in [-0.25, -0.2) is 9.98 Å². The predicted octanol–water partition coefficient (Wildman–Crippen LogP) is 2.84. The summed E-state index contributed by atoms with van der Waals surface area (Å²) in [7, 11) is 0. The van der Waals surface area contributed by atoms with Gasteiger partial charge in [0.2, 0.25) is 5.90 Å². The van der Waals surface area contributed by atoms with Crippen LogP contribution in [0.1, 0.15) is 39.1 Å². The van der Waals surface area contributed by atoms with Crippen LogP contribution in [0, 0.1) is 5.41 Å². The highest BCUT2D eigenvalue weighted by molar-refractivity contribution is 5.93. The highest BCUT2D eigenvalue weighted by atomic mass is 16.5. The third-order valence-corrected chi connectivity index (χ3v) is 3.04. The second-order valence-electron chi connectivity index (χ2n) is 5.49. The molecule has 0 aromatic carbocycles. The summed E-state index contributed by atoms with van der Waals surface area (Å²) in [4.78, 5) is 9.17. The average molecular weight is 232 g/mol. The molecular formula is C14H20N2O. The maximum Gasteiger partial charge on any atom is 0.235 e. The summed E-state index contributed by atoms with van der Waals surface area (Å²) in [6.07, 6.45) is 0.934. The Balaban J connectivity index is 2.24. The fourth-order valence-electron chi connectivity index (χ4n) is 1.75. The minimum absolute atomic E-state index is 0.143. The van der Waals surface area contributed by atoms with E-state index >= 15 is 0 Å². The summed E-state index contributed by atoms with van der Waals surface area (Å²) in [5, 5.41) is 0. The van der Waals surface area contributed by atoms with Crippen LogP contribution < -0.4 is 0 Å². The zero-order valence-corrected chi connectivity index (χ0v) is 11.0. The SMILES string of the molecule is CCc1cccc(C2=N[C@@H](C(C)(C)C)CO2)n1. The Morgan fingerprint density at radius 2 is 2.12 bits per heavy atom. The Kier molecular flexibility index (Phi) is 3.18. The number of pyridine rings is 1. The molecule has 2 rings (SSSR count). The Labute approximate surface area is 103 Å². The quantitative estimate of drug-likeness (QED) is 0.785. The fourth-order valence-corrected chi connectivity index (χ4v) is 1.75. The van der Waals surface area contributed by atoms with E-state index in [4.69, 9.17) is 4.74 Å². The normalized spacial score (nSPS) is 20.0. The van der Waals surface area contributed by atoms with Crippen LogP contribution in [-0.4, -0.2) is 23.5 Å². The van der Waals surface area contributed by atoms with Crippen LogP contribution in [0.4, 0.5) is 0 Å². The number of rotatable bonds is 2. The molecule has 0 saturated carbocycles. The monoisotopic (exact) mass is 232 g/mol. The zero-order valence-electron chi connectivity index (χ0n) is 11.0. The maximum absolute atomic E-state index is 5.67. The molecule has 0 N–H and O–H groups in total. The van der Waals surface area contributed by atoms with Crippen LogP contribution >= 0.6 is 0 Å². The van der Waals surface area contributed by atoms with Crippen molar-refractivity contribution < 1.29 is 4.74 Å². The van der Waals surface area contributed by atoms with E-state index in [1.165, 1.54) is 0 Å². The number of hydrogen-bond donors (Lipinski definition) is 0. The van der Waals surface area contributed by atoms with Crippen molar-refractivity contribution in [1.29, 1.82) is 0 Å². The van der Waals surface area contributed by atoms with E-state index < -0.39 is 0 Å². The highest BCUT2D eigenvalue weighted by Crippen LogP contribution is 2.27. The van der Waals surface area contributed by atoms with Crippen molar-refractivity contribution in [2.24, 2.45) is 10.4 Å². The number of aromatic nitrogens is 1. The second kappa shape index (κ2) is 4.47. The summed E-state index contributed by atoms with van der Waals surface area (Å²) in [6, 6.07) is 6.23. The summed E-state index contributed by atoms with van der Waals surface area (Å²) in [5.74, 6) is 0.695. The first-order valence-corrected chi connectivity index (χ1v) is 6.17. The summed E-state index contributed by atoms with van der Waals surface area (Å²) < 4.78 is 5.67. The van der Waals surface area contributed by atoms with Gasteiger partial charge in [-0.15, -0.1) is 0 Å².